The van der Waals surface area contributed by atoms with Gasteiger partial charge in [-0.15, -0.1) is 0 Å². The van der Waals surface area contributed by atoms with E-state index in [1.54, 1.807) is 7.11 Å². The van der Waals surface area contributed by atoms with Gasteiger partial charge in [0.1, 0.15) is 5.69 Å². The summed E-state index contributed by atoms with van der Waals surface area (Å²) in [5.41, 5.74) is 2.03. The van der Waals surface area contributed by atoms with Gasteiger partial charge >= 0.3 is 0 Å². The van der Waals surface area contributed by atoms with Crippen molar-refractivity contribution in [2.45, 2.75) is 51.5 Å². The minimum absolute atomic E-state index is 0.0369. The Hall–Kier alpha value is -2.04. The first kappa shape index (κ1) is 14.9. The van der Waals surface area contributed by atoms with Crippen molar-refractivity contribution < 1.29 is 9.53 Å². The number of methoxy groups -OCH3 is 1. The first-order valence-electron chi connectivity index (χ1n) is 8.03. The van der Waals surface area contributed by atoms with Crippen LogP contribution in [0.4, 0.5) is 0 Å². The molecule has 0 unspecified atom stereocenters. The molecule has 0 aliphatic heterocycles. The Labute approximate surface area is 130 Å². The summed E-state index contributed by atoms with van der Waals surface area (Å²) >= 11 is 0. The first-order chi connectivity index (χ1) is 10.7. The lowest BCUT2D eigenvalue weighted by Crippen LogP contribution is -2.35. The zero-order valence-electron chi connectivity index (χ0n) is 13.3. The lowest BCUT2D eigenvalue weighted by molar-refractivity contribution is 0.0926. The minimum Gasteiger partial charge on any atom is -0.493 e. The predicted octanol–water partition coefficient (Wildman–Crippen LogP) is 3.10. The molecule has 5 nitrogen and oxygen atoms in total. The maximum Gasteiger partial charge on any atom is 0.270 e. The molecule has 0 saturated heterocycles. The van der Waals surface area contributed by atoms with E-state index >= 15 is 0 Å². The van der Waals surface area contributed by atoms with E-state index in [0.29, 0.717) is 17.1 Å². The molecule has 3 rings (SSSR count). The minimum atomic E-state index is -0.0369. The molecule has 1 N–H and O–H groups in total. The van der Waals surface area contributed by atoms with Crippen molar-refractivity contribution in [3.8, 4) is 5.75 Å². The van der Waals surface area contributed by atoms with Gasteiger partial charge in [-0.1, -0.05) is 25.7 Å². The molecule has 1 aliphatic carbocycles. The smallest absolute Gasteiger partial charge is 0.270 e. The lowest BCUT2D eigenvalue weighted by Gasteiger charge is -2.16. The zero-order valence-corrected chi connectivity index (χ0v) is 13.3. The van der Waals surface area contributed by atoms with Crippen LogP contribution in [-0.2, 0) is 0 Å². The van der Waals surface area contributed by atoms with Crippen molar-refractivity contribution in [2.24, 2.45) is 0 Å². The fourth-order valence-corrected chi connectivity index (χ4v) is 3.27. The molecule has 0 spiro atoms. The number of ether oxygens (including phenoxy) is 1. The topological polar surface area (TPSA) is 55.6 Å². The van der Waals surface area contributed by atoms with E-state index in [1.165, 1.54) is 25.7 Å². The van der Waals surface area contributed by atoms with Gasteiger partial charge in [0, 0.05) is 12.2 Å². The highest BCUT2D eigenvalue weighted by Gasteiger charge is 2.21. The number of aryl methyl sites for hydroxylation is 1. The molecule has 1 saturated carbocycles. The monoisotopic (exact) mass is 301 g/mol. The van der Waals surface area contributed by atoms with Gasteiger partial charge in [0.05, 0.1) is 12.8 Å². The van der Waals surface area contributed by atoms with Gasteiger partial charge in [-0.05, 0) is 31.9 Å². The number of imidazole rings is 1. The van der Waals surface area contributed by atoms with Gasteiger partial charge < -0.3 is 10.1 Å². The number of amides is 1. The van der Waals surface area contributed by atoms with Crippen LogP contribution in [0.15, 0.2) is 18.3 Å². The van der Waals surface area contributed by atoms with Gasteiger partial charge in [0.2, 0.25) is 0 Å². The number of nitrogens with one attached hydrogen (secondary N) is 1. The van der Waals surface area contributed by atoms with Gasteiger partial charge in [0.15, 0.2) is 11.4 Å². The maximum atomic E-state index is 12.7. The third kappa shape index (κ3) is 2.80. The van der Waals surface area contributed by atoms with E-state index in [1.807, 2.05) is 29.7 Å². The van der Waals surface area contributed by atoms with Crippen LogP contribution < -0.4 is 10.1 Å². The van der Waals surface area contributed by atoms with E-state index in [0.717, 1.165) is 18.5 Å². The molecule has 1 fully saturated rings. The number of hydrogen-bond donors (Lipinski definition) is 1. The van der Waals surface area contributed by atoms with Crippen LogP contribution in [0.2, 0.25) is 0 Å². The van der Waals surface area contributed by atoms with E-state index in [9.17, 15) is 4.79 Å². The maximum absolute atomic E-state index is 12.7. The van der Waals surface area contributed by atoms with Gasteiger partial charge in [-0.25, -0.2) is 4.98 Å². The van der Waals surface area contributed by atoms with E-state index < -0.39 is 0 Å². The average Bonchev–Trinajstić information content (AvgIpc) is 2.68. The summed E-state index contributed by atoms with van der Waals surface area (Å²) < 4.78 is 7.15. The second-order valence-corrected chi connectivity index (χ2v) is 5.98. The Kier molecular flexibility index (Phi) is 4.32. The number of rotatable bonds is 3. The van der Waals surface area contributed by atoms with Crippen LogP contribution in [0.5, 0.6) is 5.75 Å². The lowest BCUT2D eigenvalue weighted by atomic mass is 10.1. The number of hydrogen-bond acceptors (Lipinski definition) is 3. The largest absolute Gasteiger partial charge is 0.493 e. The van der Waals surface area contributed by atoms with Crippen LogP contribution >= 0.6 is 0 Å². The SMILES string of the molecule is COc1cccn2c(C(=O)NC3CCCCCC3)c(C)nc12. The van der Waals surface area contributed by atoms with Crippen molar-refractivity contribution in [1.82, 2.24) is 14.7 Å². The summed E-state index contributed by atoms with van der Waals surface area (Å²) in [5, 5.41) is 3.19. The fraction of sp³-hybridized carbons (Fsp3) is 0.529. The highest BCUT2D eigenvalue weighted by Crippen LogP contribution is 2.22. The predicted molar refractivity (Wildman–Crippen MR) is 85.4 cm³/mol. The molecule has 0 bridgehead atoms. The standard InChI is InChI=1S/C17H23N3O2/c1-12-15(17(21)19-13-8-5-3-4-6-9-13)20-11-7-10-14(22-2)16(20)18-12/h7,10-11,13H,3-6,8-9H2,1-2H3,(H,19,21). The highest BCUT2D eigenvalue weighted by molar-refractivity contribution is 5.95. The molecule has 0 atom stereocenters. The summed E-state index contributed by atoms with van der Waals surface area (Å²) in [7, 11) is 1.62. The molecule has 2 aromatic rings. The van der Waals surface area contributed by atoms with Crippen LogP contribution in [0.1, 0.15) is 54.7 Å². The fourth-order valence-electron chi connectivity index (χ4n) is 3.27. The van der Waals surface area contributed by atoms with Gasteiger partial charge in [-0.2, -0.15) is 0 Å². The van der Waals surface area contributed by atoms with E-state index in [2.05, 4.69) is 10.3 Å². The van der Waals surface area contributed by atoms with Crippen molar-refractivity contribution in [1.29, 1.82) is 0 Å². The second kappa shape index (κ2) is 6.38. The van der Waals surface area contributed by atoms with Crippen LogP contribution in [0.3, 0.4) is 0 Å². The Morgan fingerprint density at radius 1 is 1.32 bits per heavy atom. The molecule has 1 amide bonds. The molecule has 0 radical (unpaired) electrons. The highest BCUT2D eigenvalue weighted by atomic mass is 16.5. The number of carbonyl (C=O) groups excluding carboxylic acids is 1. The summed E-state index contributed by atoms with van der Waals surface area (Å²) in [4.78, 5) is 17.2. The van der Waals surface area contributed by atoms with Crippen molar-refractivity contribution in [2.75, 3.05) is 7.11 Å². The molecular formula is C17H23N3O2. The molecule has 22 heavy (non-hydrogen) atoms. The second-order valence-electron chi connectivity index (χ2n) is 5.98. The molecule has 118 valence electrons. The summed E-state index contributed by atoms with van der Waals surface area (Å²) in [6.07, 6.45) is 8.96. The van der Waals surface area contributed by atoms with Crippen molar-refractivity contribution in [3.63, 3.8) is 0 Å². The van der Waals surface area contributed by atoms with Gasteiger partial charge in [-0.3, -0.25) is 9.20 Å². The van der Waals surface area contributed by atoms with Crippen LogP contribution in [-0.4, -0.2) is 28.4 Å². The Morgan fingerprint density at radius 2 is 2.05 bits per heavy atom. The number of pyridine rings is 1. The first-order valence-corrected chi connectivity index (χ1v) is 8.03. The van der Waals surface area contributed by atoms with Crippen molar-refractivity contribution >= 4 is 11.6 Å². The third-order valence-corrected chi connectivity index (χ3v) is 4.41. The van der Waals surface area contributed by atoms with Crippen LogP contribution in [0, 0.1) is 6.92 Å². The molecule has 2 heterocycles. The quantitative estimate of drug-likeness (QED) is 0.886. The average molecular weight is 301 g/mol. The number of fused-ring (bicyclic) bond motifs is 1. The molecule has 0 aromatic carbocycles. The Bertz CT molecular complexity index is 670. The van der Waals surface area contributed by atoms with E-state index in [-0.39, 0.29) is 11.9 Å². The molecule has 2 aromatic heterocycles. The molecular weight excluding hydrogens is 278 g/mol. The summed E-state index contributed by atoms with van der Waals surface area (Å²) in [6, 6.07) is 4.01. The number of carbonyl (C=O) groups is 1. The van der Waals surface area contributed by atoms with Crippen LogP contribution in [0.25, 0.3) is 5.65 Å². The zero-order chi connectivity index (χ0) is 15.5. The molecule has 1 aliphatic rings. The number of aromatic nitrogens is 2. The number of nitrogens with zero attached hydrogens (tertiary/aromatic N) is 2. The van der Waals surface area contributed by atoms with E-state index in [4.69, 9.17) is 4.74 Å². The Balaban J connectivity index is 1.88. The Morgan fingerprint density at radius 3 is 2.73 bits per heavy atom. The van der Waals surface area contributed by atoms with Crippen molar-refractivity contribution in [3.05, 3.63) is 29.7 Å². The van der Waals surface area contributed by atoms with Gasteiger partial charge in [0.25, 0.3) is 5.91 Å². The molecule has 5 heteroatoms. The summed E-state index contributed by atoms with van der Waals surface area (Å²) in [6.45, 7) is 1.87. The normalized spacial score (nSPS) is 16.5. The third-order valence-electron chi connectivity index (χ3n) is 4.41. The summed E-state index contributed by atoms with van der Waals surface area (Å²) in [5.74, 6) is 0.643.